The average molecular weight is 362 g/mol. The number of carbonyl (C=O) groups is 2. The Bertz CT molecular complexity index is 732. The quantitative estimate of drug-likeness (QED) is 0.767. The number of hydrogen-bond donors (Lipinski definition) is 0. The van der Waals surface area contributed by atoms with Crippen LogP contribution in [-0.2, 0) is 11.2 Å². The molecule has 0 aromatic carbocycles. The molecule has 1 aromatic rings. The highest BCUT2D eigenvalue weighted by Gasteiger charge is 2.44. The molecule has 1 aromatic heterocycles. The second kappa shape index (κ2) is 6.45. The molecule has 1 saturated heterocycles. The highest BCUT2D eigenvalue weighted by Crippen LogP contribution is 2.37. The van der Waals surface area contributed by atoms with Gasteiger partial charge in [-0.15, -0.1) is 0 Å². The van der Waals surface area contributed by atoms with Gasteiger partial charge in [-0.25, -0.2) is 4.79 Å². The van der Waals surface area contributed by atoms with Gasteiger partial charge in [0.1, 0.15) is 11.2 Å². The molecule has 7 heteroatoms. The first kappa shape index (κ1) is 18.5. The third-order valence-corrected chi connectivity index (χ3v) is 4.38. The van der Waals surface area contributed by atoms with Crippen LogP contribution in [0, 0.1) is 5.41 Å². The van der Waals surface area contributed by atoms with Gasteiger partial charge in [0.15, 0.2) is 17.3 Å². The number of carbonyl (C=O) groups excluding carboxylic acids is 2. The number of amides is 1. The second-order valence-electron chi connectivity index (χ2n) is 8.36. The summed E-state index contributed by atoms with van der Waals surface area (Å²) in [6.45, 7) is 11.1. The Balaban J connectivity index is 1.62. The lowest BCUT2D eigenvalue weighted by molar-refractivity contribution is -0.0429. The molecular formula is C19H26N2O5. The molecule has 1 fully saturated rings. The van der Waals surface area contributed by atoms with Crippen molar-refractivity contribution in [3.63, 3.8) is 0 Å². The van der Waals surface area contributed by atoms with Crippen molar-refractivity contribution in [3.8, 4) is 11.5 Å². The van der Waals surface area contributed by atoms with E-state index in [0.717, 1.165) is 5.69 Å². The molecule has 0 atom stereocenters. The van der Waals surface area contributed by atoms with Crippen LogP contribution in [0.15, 0.2) is 6.20 Å². The zero-order valence-corrected chi connectivity index (χ0v) is 16.0. The summed E-state index contributed by atoms with van der Waals surface area (Å²) < 4.78 is 16.9. The van der Waals surface area contributed by atoms with Gasteiger partial charge in [0, 0.05) is 24.9 Å². The normalized spacial score (nSPS) is 17.8. The highest BCUT2D eigenvalue weighted by atomic mass is 16.6. The number of Topliss-reactive ketones (excluding diaryl/α,β-unsaturated/α-hetero) is 1. The molecule has 0 N–H and O–H groups in total. The number of ketones is 1. The van der Waals surface area contributed by atoms with E-state index in [2.05, 4.69) is 4.98 Å². The van der Waals surface area contributed by atoms with Crippen LogP contribution in [-0.4, -0.2) is 53.7 Å². The summed E-state index contributed by atoms with van der Waals surface area (Å²) in [5, 5.41) is 0. The van der Waals surface area contributed by atoms with Crippen LogP contribution in [0.3, 0.4) is 0 Å². The minimum Gasteiger partial charge on any atom is -0.490 e. The Labute approximate surface area is 153 Å². The lowest BCUT2D eigenvalue weighted by atomic mass is 9.83. The van der Waals surface area contributed by atoms with Crippen LogP contribution in [0.5, 0.6) is 11.5 Å². The van der Waals surface area contributed by atoms with Crippen LogP contribution >= 0.6 is 0 Å². The topological polar surface area (TPSA) is 78.0 Å². The number of likely N-dealkylation sites (tertiary alicyclic amines) is 1. The van der Waals surface area contributed by atoms with Gasteiger partial charge >= 0.3 is 6.09 Å². The van der Waals surface area contributed by atoms with Crippen molar-refractivity contribution in [1.29, 1.82) is 0 Å². The van der Waals surface area contributed by atoms with Crippen molar-refractivity contribution in [3.05, 3.63) is 17.5 Å². The Hall–Kier alpha value is -2.31. The van der Waals surface area contributed by atoms with Crippen molar-refractivity contribution >= 4 is 11.9 Å². The maximum absolute atomic E-state index is 12.1. The molecule has 3 rings (SSSR count). The third kappa shape index (κ3) is 3.76. The summed E-state index contributed by atoms with van der Waals surface area (Å²) in [7, 11) is 0. The van der Waals surface area contributed by atoms with Gasteiger partial charge in [0.05, 0.1) is 25.1 Å². The summed E-state index contributed by atoms with van der Waals surface area (Å²) >= 11 is 0. The molecule has 7 nitrogen and oxygen atoms in total. The van der Waals surface area contributed by atoms with E-state index in [1.807, 2.05) is 27.7 Å². The first-order valence-electron chi connectivity index (χ1n) is 8.84. The summed E-state index contributed by atoms with van der Waals surface area (Å²) in [4.78, 5) is 30.1. The van der Waals surface area contributed by atoms with Gasteiger partial charge in [-0.1, -0.05) is 6.92 Å². The zero-order chi connectivity index (χ0) is 19.1. The van der Waals surface area contributed by atoms with Gasteiger partial charge in [0.25, 0.3) is 0 Å². The molecule has 1 amide bonds. The predicted molar refractivity (Wildman–Crippen MR) is 94.8 cm³/mol. The third-order valence-electron chi connectivity index (χ3n) is 4.38. The van der Waals surface area contributed by atoms with Crippen molar-refractivity contribution < 1.29 is 23.8 Å². The fourth-order valence-corrected chi connectivity index (χ4v) is 3.22. The summed E-state index contributed by atoms with van der Waals surface area (Å²) in [6, 6.07) is 0. The van der Waals surface area contributed by atoms with E-state index in [4.69, 9.17) is 14.2 Å². The summed E-state index contributed by atoms with van der Waals surface area (Å²) in [6.07, 6.45) is 1.99. The van der Waals surface area contributed by atoms with Crippen LogP contribution in [0.4, 0.5) is 4.79 Å². The minimum absolute atomic E-state index is 0.102. The monoisotopic (exact) mass is 362 g/mol. The number of ether oxygens (including phenoxy) is 3. The number of fused-ring (bicyclic) bond motifs is 1. The average Bonchev–Trinajstić information content (AvgIpc) is 2.95. The van der Waals surface area contributed by atoms with Crippen molar-refractivity contribution in [1.82, 2.24) is 9.88 Å². The molecular weight excluding hydrogens is 336 g/mol. The maximum Gasteiger partial charge on any atom is 0.410 e. The number of nitrogens with zero attached hydrogens (tertiary/aromatic N) is 2. The van der Waals surface area contributed by atoms with E-state index in [0.29, 0.717) is 49.8 Å². The number of hydrogen-bond acceptors (Lipinski definition) is 6. The first-order valence-corrected chi connectivity index (χ1v) is 8.84. The van der Waals surface area contributed by atoms with Crippen LogP contribution < -0.4 is 9.47 Å². The van der Waals surface area contributed by atoms with E-state index in [1.54, 1.807) is 11.1 Å². The molecule has 26 heavy (non-hydrogen) atoms. The van der Waals surface area contributed by atoms with Gasteiger partial charge in [-0.2, -0.15) is 0 Å². The smallest absolute Gasteiger partial charge is 0.410 e. The van der Waals surface area contributed by atoms with E-state index >= 15 is 0 Å². The molecule has 0 aliphatic carbocycles. The molecule has 3 heterocycles. The van der Waals surface area contributed by atoms with Crippen LogP contribution in [0.1, 0.15) is 50.7 Å². The largest absolute Gasteiger partial charge is 0.490 e. The molecule has 2 aliphatic rings. The van der Waals surface area contributed by atoms with E-state index in [-0.39, 0.29) is 17.3 Å². The molecule has 142 valence electrons. The molecule has 0 radical (unpaired) electrons. The number of pyridine rings is 1. The van der Waals surface area contributed by atoms with Crippen molar-refractivity contribution in [2.24, 2.45) is 5.41 Å². The summed E-state index contributed by atoms with van der Waals surface area (Å²) in [5.41, 5.74) is 0.560. The predicted octanol–water partition coefficient (Wildman–Crippen LogP) is 2.85. The van der Waals surface area contributed by atoms with Gasteiger partial charge in [-0.3, -0.25) is 9.78 Å². The SMILES string of the molecule is CC(=O)c1c(OCC2(C)CN(C(=O)OC(C)(C)C)C2)cnc2c1OCC2. The number of rotatable bonds is 4. The van der Waals surface area contributed by atoms with Crippen molar-refractivity contribution in [2.45, 2.75) is 46.6 Å². The fraction of sp³-hybridized carbons (Fsp3) is 0.632. The Morgan fingerprint density at radius 1 is 1.35 bits per heavy atom. The molecule has 0 unspecified atom stereocenters. The standard InChI is InChI=1S/C19H26N2O5/c1-12(22)15-14(8-20-13-6-7-24-16(13)15)25-11-19(5)9-21(10-19)17(23)26-18(2,3)4/h8H,6-7,9-11H2,1-5H3. The molecule has 0 spiro atoms. The molecule has 0 bridgehead atoms. The van der Waals surface area contributed by atoms with Crippen LogP contribution in [0.25, 0.3) is 0 Å². The lowest BCUT2D eigenvalue weighted by Gasteiger charge is -2.47. The molecule has 2 aliphatic heterocycles. The van der Waals surface area contributed by atoms with Gasteiger partial charge in [-0.05, 0) is 27.7 Å². The van der Waals surface area contributed by atoms with E-state index in [9.17, 15) is 9.59 Å². The lowest BCUT2D eigenvalue weighted by Crippen LogP contribution is -2.60. The fourth-order valence-electron chi connectivity index (χ4n) is 3.22. The van der Waals surface area contributed by atoms with E-state index in [1.165, 1.54) is 6.92 Å². The number of aromatic nitrogens is 1. The molecule has 0 saturated carbocycles. The van der Waals surface area contributed by atoms with Crippen molar-refractivity contribution in [2.75, 3.05) is 26.3 Å². The van der Waals surface area contributed by atoms with E-state index < -0.39 is 5.60 Å². The minimum atomic E-state index is -0.508. The van der Waals surface area contributed by atoms with Gasteiger partial charge in [0.2, 0.25) is 0 Å². The Kier molecular flexibility index (Phi) is 4.58. The van der Waals surface area contributed by atoms with Crippen LogP contribution in [0.2, 0.25) is 0 Å². The Morgan fingerprint density at radius 2 is 2.04 bits per heavy atom. The zero-order valence-electron chi connectivity index (χ0n) is 16.0. The maximum atomic E-state index is 12.1. The second-order valence-corrected chi connectivity index (χ2v) is 8.36. The first-order chi connectivity index (χ1) is 12.1. The highest BCUT2D eigenvalue weighted by molar-refractivity contribution is 6.00. The summed E-state index contributed by atoms with van der Waals surface area (Å²) in [5.74, 6) is 0.883. The van der Waals surface area contributed by atoms with Gasteiger partial charge < -0.3 is 19.1 Å². The Morgan fingerprint density at radius 3 is 2.65 bits per heavy atom.